The number of rotatable bonds is 2. The van der Waals surface area contributed by atoms with Gasteiger partial charge in [-0.1, -0.05) is 6.07 Å². The lowest BCUT2D eigenvalue weighted by atomic mass is 10.1. The fraction of sp³-hybridized carbons (Fsp3) is 0.450. The maximum absolute atomic E-state index is 12.9. The quantitative estimate of drug-likeness (QED) is 0.895. The van der Waals surface area contributed by atoms with Gasteiger partial charge in [-0.2, -0.15) is 0 Å². The minimum atomic E-state index is 0.125. The molecule has 6 heteroatoms. The molecule has 1 fully saturated rings. The van der Waals surface area contributed by atoms with Gasteiger partial charge in [0.1, 0.15) is 11.6 Å². The zero-order valence-corrected chi connectivity index (χ0v) is 15.7. The van der Waals surface area contributed by atoms with Crippen molar-refractivity contribution in [3.63, 3.8) is 0 Å². The zero-order valence-electron chi connectivity index (χ0n) is 15.7. The van der Waals surface area contributed by atoms with Crippen LogP contribution in [0.2, 0.25) is 0 Å². The van der Waals surface area contributed by atoms with Crippen LogP contribution < -0.4 is 15.1 Å². The van der Waals surface area contributed by atoms with Gasteiger partial charge in [-0.15, -0.1) is 0 Å². The predicted octanol–water partition coefficient (Wildman–Crippen LogP) is 1.90. The number of benzene rings is 1. The highest BCUT2D eigenvalue weighted by molar-refractivity contribution is 5.97. The molecular weight excluding hydrogens is 326 g/mol. The molecule has 6 nitrogen and oxygen atoms in total. The van der Waals surface area contributed by atoms with Crippen molar-refractivity contribution in [1.82, 2.24) is 15.3 Å². The lowest BCUT2D eigenvalue weighted by Crippen LogP contribution is -2.51. The molecular formula is C20H25N5O. The van der Waals surface area contributed by atoms with Gasteiger partial charge < -0.3 is 15.1 Å². The number of carbonyl (C=O) groups is 1. The first-order valence-electron chi connectivity index (χ1n) is 9.22. The minimum Gasteiger partial charge on any atom is -0.345 e. The van der Waals surface area contributed by atoms with E-state index in [2.05, 4.69) is 52.2 Å². The van der Waals surface area contributed by atoms with Gasteiger partial charge in [-0.25, -0.2) is 9.97 Å². The fourth-order valence-electron chi connectivity index (χ4n) is 3.96. The number of carbonyl (C=O) groups excluding carboxylic acids is 1. The van der Waals surface area contributed by atoms with Crippen molar-refractivity contribution >= 4 is 17.4 Å². The van der Waals surface area contributed by atoms with Crippen LogP contribution in [0.5, 0.6) is 0 Å². The Morgan fingerprint density at radius 3 is 2.54 bits per heavy atom. The van der Waals surface area contributed by atoms with Crippen molar-refractivity contribution in [2.45, 2.75) is 33.7 Å². The Kier molecular flexibility index (Phi) is 4.36. The van der Waals surface area contributed by atoms with Crippen molar-refractivity contribution in [3.8, 4) is 0 Å². The Hall–Kier alpha value is -2.47. The molecule has 0 spiro atoms. The summed E-state index contributed by atoms with van der Waals surface area (Å²) in [6, 6.07) is 6.31. The van der Waals surface area contributed by atoms with Gasteiger partial charge >= 0.3 is 0 Å². The Balaban J connectivity index is 1.60. The van der Waals surface area contributed by atoms with Crippen molar-refractivity contribution in [1.29, 1.82) is 0 Å². The number of anilines is 2. The SMILES string of the molecule is Cc1cc(C)cc(N2CCN(c3nc(C)nc4c3CCNC4)CC2=O)c1. The van der Waals surface area contributed by atoms with E-state index >= 15 is 0 Å². The summed E-state index contributed by atoms with van der Waals surface area (Å²) in [5.41, 5.74) is 5.63. The van der Waals surface area contributed by atoms with E-state index < -0.39 is 0 Å². The number of amides is 1. The Bertz CT molecular complexity index is 843. The normalized spacial score (nSPS) is 17.4. The molecule has 1 amide bonds. The van der Waals surface area contributed by atoms with Crippen molar-refractivity contribution < 1.29 is 4.79 Å². The monoisotopic (exact) mass is 351 g/mol. The second kappa shape index (κ2) is 6.68. The molecule has 2 aromatic rings. The molecule has 0 atom stereocenters. The summed E-state index contributed by atoms with van der Waals surface area (Å²) in [5.74, 6) is 1.84. The van der Waals surface area contributed by atoms with E-state index in [1.165, 1.54) is 16.7 Å². The summed E-state index contributed by atoms with van der Waals surface area (Å²) in [4.78, 5) is 26.2. The number of nitrogens with zero attached hydrogens (tertiary/aromatic N) is 4. The molecule has 26 heavy (non-hydrogen) atoms. The van der Waals surface area contributed by atoms with Crippen LogP contribution in [-0.4, -0.2) is 42.1 Å². The van der Waals surface area contributed by atoms with Crippen LogP contribution in [0, 0.1) is 20.8 Å². The van der Waals surface area contributed by atoms with E-state index in [9.17, 15) is 4.79 Å². The van der Waals surface area contributed by atoms with Crippen LogP contribution in [0.15, 0.2) is 18.2 Å². The first-order chi connectivity index (χ1) is 12.5. The third-order valence-corrected chi connectivity index (χ3v) is 5.07. The first-order valence-corrected chi connectivity index (χ1v) is 9.22. The third kappa shape index (κ3) is 3.17. The highest BCUT2D eigenvalue weighted by atomic mass is 16.2. The van der Waals surface area contributed by atoms with Crippen molar-refractivity contribution in [2.24, 2.45) is 0 Å². The molecule has 1 saturated heterocycles. The van der Waals surface area contributed by atoms with Gasteiger partial charge in [0.2, 0.25) is 5.91 Å². The average Bonchev–Trinajstić information content (AvgIpc) is 2.60. The molecule has 2 aliphatic heterocycles. The van der Waals surface area contributed by atoms with Crippen LogP contribution in [-0.2, 0) is 17.8 Å². The molecule has 136 valence electrons. The molecule has 0 unspecified atom stereocenters. The molecule has 1 aromatic carbocycles. The maximum Gasteiger partial charge on any atom is 0.246 e. The molecule has 2 aliphatic rings. The number of hydrogen-bond acceptors (Lipinski definition) is 5. The van der Waals surface area contributed by atoms with E-state index in [0.717, 1.165) is 49.1 Å². The summed E-state index contributed by atoms with van der Waals surface area (Å²) >= 11 is 0. The average molecular weight is 351 g/mol. The summed E-state index contributed by atoms with van der Waals surface area (Å²) in [6.45, 7) is 9.61. The standard InChI is InChI=1S/C20H25N5O/c1-13-8-14(2)10-16(9-13)25-7-6-24(12-19(25)26)20-17-4-5-21-11-18(17)22-15(3)23-20/h8-10,21H,4-7,11-12H2,1-3H3. The first kappa shape index (κ1) is 17.0. The van der Waals surface area contributed by atoms with Gasteiger partial charge in [-0.05, 0) is 57.0 Å². The Labute approximate surface area is 154 Å². The molecule has 4 rings (SSSR count). The zero-order chi connectivity index (χ0) is 18.3. The molecule has 0 aliphatic carbocycles. The van der Waals surface area contributed by atoms with Crippen LogP contribution in [0.25, 0.3) is 0 Å². The summed E-state index contributed by atoms with van der Waals surface area (Å²) < 4.78 is 0. The highest BCUT2D eigenvalue weighted by Gasteiger charge is 2.29. The lowest BCUT2D eigenvalue weighted by molar-refractivity contribution is -0.117. The van der Waals surface area contributed by atoms with E-state index in [1.54, 1.807) is 0 Å². The molecule has 0 radical (unpaired) electrons. The third-order valence-electron chi connectivity index (χ3n) is 5.07. The van der Waals surface area contributed by atoms with Crippen LogP contribution >= 0.6 is 0 Å². The number of piperazine rings is 1. The highest BCUT2D eigenvalue weighted by Crippen LogP contribution is 2.27. The number of nitrogens with one attached hydrogen (secondary N) is 1. The van der Waals surface area contributed by atoms with Crippen molar-refractivity contribution in [2.75, 3.05) is 36.0 Å². The summed E-state index contributed by atoms with van der Waals surface area (Å²) in [5, 5.41) is 3.36. The van der Waals surface area contributed by atoms with Gasteiger partial charge in [0.05, 0.1) is 12.2 Å². The minimum absolute atomic E-state index is 0.125. The number of fused-ring (bicyclic) bond motifs is 1. The van der Waals surface area contributed by atoms with Crippen LogP contribution in [0.3, 0.4) is 0 Å². The number of aromatic nitrogens is 2. The molecule has 3 heterocycles. The van der Waals surface area contributed by atoms with Crippen molar-refractivity contribution in [3.05, 3.63) is 46.4 Å². The summed E-state index contributed by atoms with van der Waals surface area (Å²) in [7, 11) is 0. The Morgan fingerprint density at radius 2 is 1.81 bits per heavy atom. The molecule has 0 bridgehead atoms. The molecule has 1 aromatic heterocycles. The van der Waals surface area contributed by atoms with Crippen LogP contribution in [0.4, 0.5) is 11.5 Å². The van der Waals surface area contributed by atoms with E-state index in [-0.39, 0.29) is 5.91 Å². The van der Waals surface area contributed by atoms with Gasteiger partial charge in [0, 0.05) is 30.9 Å². The van der Waals surface area contributed by atoms with Gasteiger partial charge in [-0.3, -0.25) is 4.79 Å². The van der Waals surface area contributed by atoms with Crippen LogP contribution in [0.1, 0.15) is 28.2 Å². The molecule has 1 N–H and O–H groups in total. The lowest BCUT2D eigenvalue weighted by Gasteiger charge is -2.36. The second-order valence-corrected chi connectivity index (χ2v) is 7.26. The summed E-state index contributed by atoms with van der Waals surface area (Å²) in [6.07, 6.45) is 0.913. The van der Waals surface area contributed by atoms with Gasteiger partial charge in [0.25, 0.3) is 0 Å². The van der Waals surface area contributed by atoms with E-state index in [4.69, 9.17) is 0 Å². The van der Waals surface area contributed by atoms with Gasteiger partial charge in [0.15, 0.2) is 0 Å². The molecule has 0 saturated carbocycles. The predicted molar refractivity (Wildman–Crippen MR) is 103 cm³/mol. The number of aryl methyl sites for hydroxylation is 3. The smallest absolute Gasteiger partial charge is 0.246 e. The largest absolute Gasteiger partial charge is 0.345 e. The Morgan fingerprint density at radius 1 is 1.04 bits per heavy atom. The van der Waals surface area contributed by atoms with E-state index in [0.29, 0.717) is 13.1 Å². The second-order valence-electron chi connectivity index (χ2n) is 7.26. The maximum atomic E-state index is 12.9. The van der Waals surface area contributed by atoms with E-state index in [1.807, 2.05) is 11.8 Å². The topological polar surface area (TPSA) is 61.4 Å². The fourth-order valence-corrected chi connectivity index (χ4v) is 3.96. The number of hydrogen-bond donors (Lipinski definition) is 1.